The Morgan fingerprint density at radius 3 is 1.92 bits per heavy atom. The molecule has 0 bridgehead atoms. The van der Waals surface area contributed by atoms with Gasteiger partial charge in [-0.1, -0.05) is 94.1 Å². The topological polar surface area (TPSA) is 17.1 Å². The Kier molecular flexibility index (Phi) is 9.55. The fourth-order valence-electron chi connectivity index (χ4n) is 3.02. The molecular formula is C24H32OS. The molecule has 1 nitrogen and oxygen atoms in total. The van der Waals surface area contributed by atoms with Gasteiger partial charge in [0, 0.05) is 11.3 Å². The molecule has 0 aromatic heterocycles. The van der Waals surface area contributed by atoms with Crippen molar-refractivity contribution in [2.45, 2.75) is 65.2 Å². The van der Waals surface area contributed by atoms with E-state index in [4.69, 9.17) is 0 Å². The van der Waals surface area contributed by atoms with E-state index in [0.717, 1.165) is 24.2 Å². The average Bonchev–Trinajstić information content (AvgIpc) is 2.68. The summed E-state index contributed by atoms with van der Waals surface area (Å²) in [4.78, 5) is 12.3. The minimum absolute atomic E-state index is 0.194. The second-order valence-corrected chi connectivity index (χ2v) is 8.00. The summed E-state index contributed by atoms with van der Waals surface area (Å²) in [6, 6.07) is 16.9. The van der Waals surface area contributed by atoms with E-state index >= 15 is 0 Å². The Morgan fingerprint density at radius 1 is 0.731 bits per heavy atom. The first-order chi connectivity index (χ1) is 12.7. The summed E-state index contributed by atoms with van der Waals surface area (Å²) in [5.74, 6) is 0.931. The highest BCUT2D eigenvalue weighted by Crippen LogP contribution is 2.23. The zero-order chi connectivity index (χ0) is 18.6. The van der Waals surface area contributed by atoms with Gasteiger partial charge in [0.05, 0.1) is 0 Å². The average molecular weight is 369 g/mol. The van der Waals surface area contributed by atoms with E-state index in [1.54, 1.807) is 0 Å². The van der Waals surface area contributed by atoms with Crippen LogP contribution in [0.1, 0.15) is 74.7 Å². The maximum atomic E-state index is 12.3. The van der Waals surface area contributed by atoms with Gasteiger partial charge in [0.25, 0.3) is 0 Å². The van der Waals surface area contributed by atoms with Crippen LogP contribution in [0.5, 0.6) is 0 Å². The Morgan fingerprint density at radius 2 is 1.31 bits per heavy atom. The van der Waals surface area contributed by atoms with Crippen LogP contribution in [0.3, 0.4) is 0 Å². The van der Waals surface area contributed by atoms with Gasteiger partial charge in [-0.15, -0.1) is 0 Å². The molecule has 0 amide bonds. The predicted molar refractivity (Wildman–Crippen MR) is 116 cm³/mol. The normalized spacial score (nSPS) is 10.8. The molecule has 0 radical (unpaired) electrons. The monoisotopic (exact) mass is 368 g/mol. The number of carbonyl (C=O) groups is 1. The highest BCUT2D eigenvalue weighted by atomic mass is 32.2. The van der Waals surface area contributed by atoms with Crippen LogP contribution in [-0.2, 0) is 6.42 Å². The molecule has 2 aromatic rings. The molecule has 0 aliphatic carbocycles. The fraction of sp³-hybridized carbons (Fsp3) is 0.458. The van der Waals surface area contributed by atoms with E-state index in [1.165, 1.54) is 67.0 Å². The van der Waals surface area contributed by atoms with Gasteiger partial charge in [-0.05, 0) is 48.1 Å². The zero-order valence-corrected chi connectivity index (χ0v) is 17.1. The standard InChI is InChI=1S/C24H32OS/c1-3-5-7-9-19-26-24(25)23-17-15-22(16-18-23)21-13-11-20(12-14-21)10-8-6-4-2/h11-18H,3-10,19H2,1-2H3. The molecule has 0 saturated carbocycles. The van der Waals surface area contributed by atoms with Crippen molar-refractivity contribution in [1.29, 1.82) is 0 Å². The van der Waals surface area contributed by atoms with Gasteiger partial charge in [0.1, 0.15) is 0 Å². The lowest BCUT2D eigenvalue weighted by atomic mass is 10.0. The van der Waals surface area contributed by atoms with Gasteiger partial charge in [-0.3, -0.25) is 4.79 Å². The first-order valence-electron chi connectivity index (χ1n) is 10.1. The van der Waals surface area contributed by atoms with E-state index in [2.05, 4.69) is 50.2 Å². The SMILES string of the molecule is CCCCCCSC(=O)c1ccc(-c2ccc(CCCCC)cc2)cc1. The van der Waals surface area contributed by atoms with E-state index in [9.17, 15) is 4.79 Å². The fourth-order valence-corrected chi connectivity index (χ4v) is 3.86. The van der Waals surface area contributed by atoms with Crippen molar-refractivity contribution in [1.82, 2.24) is 0 Å². The largest absolute Gasteiger partial charge is 0.282 e. The highest BCUT2D eigenvalue weighted by molar-refractivity contribution is 8.14. The zero-order valence-electron chi connectivity index (χ0n) is 16.3. The minimum Gasteiger partial charge on any atom is -0.282 e. The van der Waals surface area contributed by atoms with Crippen molar-refractivity contribution < 1.29 is 4.79 Å². The van der Waals surface area contributed by atoms with E-state index in [0.29, 0.717) is 0 Å². The molecule has 0 aliphatic heterocycles. The Bertz CT molecular complexity index is 643. The van der Waals surface area contributed by atoms with Crippen LogP contribution in [0.15, 0.2) is 48.5 Å². The van der Waals surface area contributed by atoms with Crippen LogP contribution < -0.4 is 0 Å². The van der Waals surface area contributed by atoms with Crippen molar-refractivity contribution in [3.8, 4) is 11.1 Å². The van der Waals surface area contributed by atoms with E-state index in [-0.39, 0.29) is 5.12 Å². The number of rotatable bonds is 11. The van der Waals surface area contributed by atoms with Crippen LogP contribution in [0.2, 0.25) is 0 Å². The molecule has 0 aliphatic rings. The van der Waals surface area contributed by atoms with Gasteiger partial charge < -0.3 is 0 Å². The van der Waals surface area contributed by atoms with Crippen molar-refractivity contribution in [3.63, 3.8) is 0 Å². The van der Waals surface area contributed by atoms with Crippen LogP contribution in [0.25, 0.3) is 11.1 Å². The number of benzene rings is 2. The summed E-state index contributed by atoms with van der Waals surface area (Å²) in [6.07, 6.45) is 9.85. The molecule has 2 rings (SSSR count). The first kappa shape index (κ1) is 20.8. The first-order valence-corrected chi connectivity index (χ1v) is 11.1. The van der Waals surface area contributed by atoms with Crippen molar-refractivity contribution in [2.24, 2.45) is 0 Å². The summed E-state index contributed by atoms with van der Waals surface area (Å²) in [5.41, 5.74) is 4.61. The van der Waals surface area contributed by atoms with Crippen molar-refractivity contribution in [3.05, 3.63) is 59.7 Å². The summed E-state index contributed by atoms with van der Waals surface area (Å²) in [7, 11) is 0. The summed E-state index contributed by atoms with van der Waals surface area (Å²) >= 11 is 1.45. The van der Waals surface area contributed by atoms with Crippen molar-refractivity contribution in [2.75, 3.05) is 5.75 Å². The molecule has 140 valence electrons. The van der Waals surface area contributed by atoms with Crippen LogP contribution in [-0.4, -0.2) is 10.9 Å². The second-order valence-electron chi connectivity index (χ2n) is 6.93. The minimum atomic E-state index is 0.194. The van der Waals surface area contributed by atoms with E-state index < -0.39 is 0 Å². The summed E-state index contributed by atoms with van der Waals surface area (Å²) < 4.78 is 0. The number of carbonyl (C=O) groups excluding carboxylic acids is 1. The lowest BCUT2D eigenvalue weighted by Crippen LogP contribution is -1.95. The predicted octanol–water partition coefficient (Wildman–Crippen LogP) is 7.54. The molecule has 0 heterocycles. The van der Waals surface area contributed by atoms with Gasteiger partial charge in [-0.2, -0.15) is 0 Å². The van der Waals surface area contributed by atoms with Gasteiger partial charge in [0.2, 0.25) is 5.12 Å². The summed E-state index contributed by atoms with van der Waals surface area (Å²) in [5, 5.41) is 0.194. The maximum Gasteiger partial charge on any atom is 0.219 e. The molecule has 0 N–H and O–H groups in total. The number of hydrogen-bond acceptors (Lipinski definition) is 2. The van der Waals surface area contributed by atoms with Gasteiger partial charge in [-0.25, -0.2) is 0 Å². The number of unbranched alkanes of at least 4 members (excludes halogenated alkanes) is 5. The molecule has 0 unspecified atom stereocenters. The molecule has 26 heavy (non-hydrogen) atoms. The number of thioether (sulfide) groups is 1. The molecule has 0 atom stereocenters. The number of aryl methyl sites for hydroxylation is 1. The van der Waals surface area contributed by atoms with Gasteiger partial charge >= 0.3 is 0 Å². The Labute approximate surface area is 163 Å². The molecule has 0 spiro atoms. The van der Waals surface area contributed by atoms with Crippen LogP contribution >= 0.6 is 11.8 Å². The van der Waals surface area contributed by atoms with Crippen LogP contribution in [0, 0.1) is 0 Å². The third kappa shape index (κ3) is 6.99. The lowest BCUT2D eigenvalue weighted by molar-refractivity contribution is 0.108. The van der Waals surface area contributed by atoms with Crippen LogP contribution in [0.4, 0.5) is 0 Å². The molecule has 2 aromatic carbocycles. The Balaban J connectivity index is 1.87. The number of hydrogen-bond donors (Lipinski definition) is 0. The quantitative estimate of drug-likeness (QED) is 0.381. The Hall–Kier alpha value is -1.54. The van der Waals surface area contributed by atoms with Gasteiger partial charge in [0.15, 0.2) is 0 Å². The highest BCUT2D eigenvalue weighted by Gasteiger charge is 2.07. The molecule has 0 saturated heterocycles. The smallest absolute Gasteiger partial charge is 0.219 e. The maximum absolute atomic E-state index is 12.3. The summed E-state index contributed by atoms with van der Waals surface area (Å²) in [6.45, 7) is 4.45. The third-order valence-corrected chi connectivity index (χ3v) is 5.70. The molecule has 0 fully saturated rings. The van der Waals surface area contributed by atoms with Crippen molar-refractivity contribution >= 4 is 16.9 Å². The molecular weight excluding hydrogens is 336 g/mol. The third-order valence-electron chi connectivity index (χ3n) is 4.71. The lowest BCUT2D eigenvalue weighted by Gasteiger charge is -2.06. The van der Waals surface area contributed by atoms with E-state index in [1.807, 2.05) is 12.1 Å². The second kappa shape index (κ2) is 12.0. The molecule has 2 heteroatoms.